The van der Waals surface area contributed by atoms with Gasteiger partial charge in [-0.05, 0) is 89.0 Å². The lowest BCUT2D eigenvalue weighted by atomic mass is 9.86. The molecule has 2 aliphatic heterocycles. The number of para-hydroxylation sites is 1. The molecule has 2 aliphatic rings. The van der Waals surface area contributed by atoms with Crippen molar-refractivity contribution in [3.63, 3.8) is 0 Å². The molecule has 228 valence electrons. The van der Waals surface area contributed by atoms with Crippen molar-refractivity contribution in [2.45, 2.75) is 49.7 Å². The Balaban J connectivity index is 1.55. The lowest BCUT2D eigenvalue weighted by molar-refractivity contribution is -0.132. The number of amides is 1. The number of nitrogens with zero attached hydrogens (tertiary/aromatic N) is 4. The summed E-state index contributed by atoms with van der Waals surface area (Å²) in [5, 5.41) is 4.71. The number of ether oxygens (including phenoxy) is 1. The smallest absolute Gasteiger partial charge is 0.236 e. The van der Waals surface area contributed by atoms with Crippen LogP contribution in [0, 0.1) is 6.92 Å². The molecule has 2 N–H and O–H groups in total. The van der Waals surface area contributed by atoms with Gasteiger partial charge in [0.1, 0.15) is 23.3 Å². The van der Waals surface area contributed by atoms with Gasteiger partial charge in [0.25, 0.3) is 0 Å². The molecule has 2 aromatic carbocycles. The average Bonchev–Trinajstić information content (AvgIpc) is 2.95. The third kappa shape index (κ3) is 7.02. The van der Waals surface area contributed by atoms with E-state index in [0.717, 1.165) is 37.2 Å². The van der Waals surface area contributed by atoms with E-state index in [1.54, 1.807) is 56.4 Å². The zero-order valence-electron chi connectivity index (χ0n) is 25.1. The number of anilines is 2. The van der Waals surface area contributed by atoms with E-state index in [1.165, 1.54) is 5.56 Å². The Kier molecular flexibility index (Phi) is 10.1. The van der Waals surface area contributed by atoms with Crippen LogP contribution < -0.4 is 15.5 Å². The average molecular weight is 617 g/mol. The van der Waals surface area contributed by atoms with Crippen molar-refractivity contribution in [2.24, 2.45) is 4.99 Å². The van der Waals surface area contributed by atoms with Gasteiger partial charge in [-0.2, -0.15) is 0 Å². The summed E-state index contributed by atoms with van der Waals surface area (Å²) in [5.74, 6) is 1.62. The summed E-state index contributed by atoms with van der Waals surface area (Å²) in [4.78, 5) is 20.9. The van der Waals surface area contributed by atoms with Gasteiger partial charge >= 0.3 is 0 Å². The Hall–Kier alpha value is -3.28. The number of halogens is 1. The van der Waals surface area contributed by atoms with Gasteiger partial charge in [-0.1, -0.05) is 23.7 Å². The number of benzene rings is 2. The highest BCUT2D eigenvalue weighted by Gasteiger charge is 2.28. The number of hydrogen-bond acceptors (Lipinski definition) is 9. The van der Waals surface area contributed by atoms with Crippen LogP contribution in [0.25, 0.3) is 0 Å². The largest absolute Gasteiger partial charge is 0.495 e. The first-order valence-corrected chi connectivity index (χ1v) is 16.0. The predicted molar refractivity (Wildman–Crippen MR) is 169 cm³/mol. The van der Waals surface area contributed by atoms with Gasteiger partial charge in [-0.15, -0.1) is 0 Å². The van der Waals surface area contributed by atoms with Crippen molar-refractivity contribution < 1.29 is 17.9 Å². The number of methoxy groups -OCH3 is 1. The number of likely N-dealkylation sites (tertiary alicyclic amines) is 1. The highest BCUT2D eigenvalue weighted by molar-refractivity contribution is 7.92. The van der Waals surface area contributed by atoms with Gasteiger partial charge in [-0.25, -0.2) is 13.4 Å². The van der Waals surface area contributed by atoms with E-state index in [9.17, 15) is 13.2 Å². The Bertz CT molecular complexity index is 1470. The molecule has 1 saturated heterocycles. The Morgan fingerprint density at radius 2 is 1.86 bits per heavy atom. The number of carbonyl (C=O) groups is 1. The molecule has 0 aromatic heterocycles. The number of carbonyl (C=O) groups excluding carboxylic acids is 1. The van der Waals surface area contributed by atoms with E-state index in [2.05, 4.69) is 28.7 Å². The number of rotatable bonds is 10. The van der Waals surface area contributed by atoms with Crippen LogP contribution in [-0.2, 0) is 14.6 Å². The van der Waals surface area contributed by atoms with Crippen LogP contribution in [0.1, 0.15) is 43.7 Å². The third-order valence-electron chi connectivity index (χ3n) is 7.57. The summed E-state index contributed by atoms with van der Waals surface area (Å²) >= 11 is 6.59. The molecule has 2 heterocycles. The van der Waals surface area contributed by atoms with Crippen LogP contribution in [0.15, 0.2) is 57.1 Å². The first kappa shape index (κ1) is 31.7. The van der Waals surface area contributed by atoms with Gasteiger partial charge in [0, 0.05) is 19.3 Å². The fourth-order valence-corrected chi connectivity index (χ4v) is 6.66. The van der Waals surface area contributed by atoms with Crippen LogP contribution in [0.2, 0.25) is 0 Å². The highest BCUT2D eigenvalue weighted by atomic mass is 35.5. The minimum atomic E-state index is -3.54. The normalized spacial score (nSPS) is 16.4. The summed E-state index contributed by atoms with van der Waals surface area (Å²) in [5.41, 5.74) is 6.83. The number of piperidine rings is 1. The maximum atomic E-state index is 13.0. The second-order valence-electron chi connectivity index (χ2n) is 11.2. The van der Waals surface area contributed by atoms with Crippen molar-refractivity contribution >= 4 is 44.9 Å². The topological polar surface area (TPSA) is 107 Å². The van der Waals surface area contributed by atoms with Crippen LogP contribution in [-0.4, -0.2) is 88.1 Å². The fourth-order valence-electron chi connectivity index (χ4n) is 5.24. The second-order valence-corrected chi connectivity index (χ2v) is 14.1. The number of hydrogen-bond donors (Lipinski definition) is 2. The number of aryl methyl sites for hydroxylation is 1. The highest BCUT2D eigenvalue weighted by Crippen LogP contribution is 2.37. The first-order valence-electron chi connectivity index (χ1n) is 14.1. The van der Waals surface area contributed by atoms with E-state index in [4.69, 9.17) is 16.3 Å². The van der Waals surface area contributed by atoms with Gasteiger partial charge in [0.2, 0.25) is 5.91 Å². The van der Waals surface area contributed by atoms with Gasteiger partial charge in [-0.3, -0.25) is 15.2 Å². The van der Waals surface area contributed by atoms with E-state index < -0.39 is 15.1 Å². The molecule has 10 nitrogen and oxygen atoms in total. The molecule has 0 atom stereocenters. The quantitative estimate of drug-likeness (QED) is 0.398. The molecule has 0 spiro atoms. The minimum absolute atomic E-state index is 0.164. The lowest BCUT2D eigenvalue weighted by Gasteiger charge is -2.34. The van der Waals surface area contributed by atoms with Crippen LogP contribution in [0.3, 0.4) is 0 Å². The van der Waals surface area contributed by atoms with E-state index in [1.807, 2.05) is 30.0 Å². The minimum Gasteiger partial charge on any atom is -0.495 e. The first-order chi connectivity index (χ1) is 19.9. The van der Waals surface area contributed by atoms with Crippen molar-refractivity contribution in [1.29, 1.82) is 0 Å². The molecule has 0 saturated carbocycles. The van der Waals surface area contributed by atoms with Crippen LogP contribution in [0.4, 0.5) is 11.4 Å². The molecule has 4 rings (SSSR count). The number of sulfone groups is 1. The van der Waals surface area contributed by atoms with Gasteiger partial charge < -0.3 is 19.9 Å². The van der Waals surface area contributed by atoms with Crippen molar-refractivity contribution in [1.82, 2.24) is 14.8 Å². The molecule has 1 amide bonds. The number of likely N-dealkylation sites (N-methyl/N-ethyl adjacent to an activating group) is 1. The maximum Gasteiger partial charge on any atom is 0.236 e. The van der Waals surface area contributed by atoms with Crippen molar-refractivity contribution in [3.05, 3.63) is 58.4 Å². The van der Waals surface area contributed by atoms with E-state index >= 15 is 0 Å². The number of hydrazine groups is 1. The maximum absolute atomic E-state index is 13.0. The SMILES string of the molecule is COc1cc(C2CCN(C(=O)CN(C)C)CC2)c(C)cc1NN1CN=CC(Cl)=C1Nc1ccccc1S(=O)(=O)C(C)C. The summed E-state index contributed by atoms with van der Waals surface area (Å²) in [7, 11) is 1.90. The predicted octanol–water partition coefficient (Wildman–Crippen LogP) is 4.64. The molecule has 0 aliphatic carbocycles. The molecular formula is C30H41ClN6O4S. The molecule has 2 aromatic rings. The van der Waals surface area contributed by atoms with Gasteiger partial charge in [0.05, 0.1) is 35.2 Å². The second kappa shape index (κ2) is 13.4. The lowest BCUT2D eigenvalue weighted by Crippen LogP contribution is -2.42. The monoisotopic (exact) mass is 616 g/mol. The number of nitrogens with one attached hydrogen (secondary N) is 2. The van der Waals surface area contributed by atoms with Crippen LogP contribution >= 0.6 is 11.6 Å². The fraction of sp³-hybridized carbons (Fsp3) is 0.467. The Morgan fingerprint density at radius 1 is 1.17 bits per heavy atom. The van der Waals surface area contributed by atoms with Crippen molar-refractivity contribution in [3.8, 4) is 5.75 Å². The van der Waals surface area contributed by atoms with Gasteiger partial charge in [0.15, 0.2) is 9.84 Å². The zero-order valence-corrected chi connectivity index (χ0v) is 26.7. The molecule has 1 fully saturated rings. The molecule has 0 radical (unpaired) electrons. The Labute approximate surface area is 254 Å². The Morgan fingerprint density at radius 3 is 2.50 bits per heavy atom. The molecule has 0 unspecified atom stereocenters. The summed E-state index contributed by atoms with van der Waals surface area (Å²) in [6.45, 7) is 7.52. The molecule has 42 heavy (non-hydrogen) atoms. The third-order valence-corrected chi connectivity index (χ3v) is 10.1. The zero-order chi connectivity index (χ0) is 30.6. The number of aliphatic imine (C=N–C) groups is 1. The molecule has 12 heteroatoms. The summed E-state index contributed by atoms with van der Waals surface area (Å²) < 4.78 is 31.9. The molecular weight excluding hydrogens is 576 g/mol. The van der Waals surface area contributed by atoms with E-state index in [-0.39, 0.29) is 17.5 Å². The summed E-state index contributed by atoms with van der Waals surface area (Å²) in [6.07, 6.45) is 3.33. The van der Waals surface area contributed by atoms with E-state index in [0.29, 0.717) is 34.8 Å². The molecule has 0 bridgehead atoms. The number of allylic oxidation sites excluding steroid dienone is 1. The summed E-state index contributed by atoms with van der Waals surface area (Å²) in [6, 6.07) is 10.9. The standard InChI is InChI=1S/C30H41ClN6O4S/c1-20(2)42(39,40)28-10-8-7-9-25(28)33-30-24(31)17-32-19-37(30)34-26-15-21(3)23(16-27(26)41-6)22-11-13-36(14-12-22)29(38)18-35(4)5/h7-10,15-17,20,22,33-34H,11-14,18-19H2,1-6H3. The van der Waals surface area contributed by atoms with Crippen molar-refractivity contribution in [2.75, 3.05) is 58.3 Å². The van der Waals surface area contributed by atoms with Crippen LogP contribution in [0.5, 0.6) is 5.75 Å².